The molecule has 4 heteroatoms. The van der Waals surface area contributed by atoms with E-state index in [0.717, 1.165) is 31.8 Å². The van der Waals surface area contributed by atoms with Crippen LogP contribution in [0, 0.1) is 5.92 Å². The fourth-order valence-electron chi connectivity index (χ4n) is 2.24. The minimum Gasteiger partial charge on any atom is -0.497 e. The van der Waals surface area contributed by atoms with Gasteiger partial charge in [0.25, 0.3) is 0 Å². The summed E-state index contributed by atoms with van der Waals surface area (Å²) in [6, 6.07) is 8.22. The van der Waals surface area contributed by atoms with Gasteiger partial charge in [0.05, 0.1) is 7.11 Å². The first-order chi connectivity index (χ1) is 8.33. The summed E-state index contributed by atoms with van der Waals surface area (Å²) in [7, 11) is 1.67. The van der Waals surface area contributed by atoms with Gasteiger partial charge in [-0.25, -0.2) is 0 Å². The highest BCUT2D eigenvalue weighted by Crippen LogP contribution is 2.26. The van der Waals surface area contributed by atoms with E-state index in [4.69, 9.17) is 15.3 Å². The van der Waals surface area contributed by atoms with Gasteiger partial charge in [0, 0.05) is 19.3 Å². The van der Waals surface area contributed by atoms with Gasteiger partial charge in [-0.2, -0.15) is 0 Å². The van der Waals surface area contributed by atoms with Crippen LogP contribution >= 0.6 is 0 Å². The average molecular weight is 236 g/mol. The van der Waals surface area contributed by atoms with Crippen molar-refractivity contribution < 1.29 is 9.47 Å². The van der Waals surface area contributed by atoms with Crippen molar-refractivity contribution in [3.63, 3.8) is 0 Å². The molecule has 94 valence electrons. The molecule has 1 heterocycles. The SMILES string of the molecule is COc1ccc(C(CC2CCOC2)NN)cc1. The van der Waals surface area contributed by atoms with E-state index in [9.17, 15) is 0 Å². The Morgan fingerprint density at radius 3 is 2.76 bits per heavy atom. The Hall–Kier alpha value is -1.10. The number of nitrogens with one attached hydrogen (secondary N) is 1. The van der Waals surface area contributed by atoms with Crippen LogP contribution in [0.3, 0.4) is 0 Å². The van der Waals surface area contributed by atoms with E-state index in [-0.39, 0.29) is 6.04 Å². The number of ether oxygens (including phenoxy) is 2. The smallest absolute Gasteiger partial charge is 0.118 e. The fraction of sp³-hybridized carbons (Fsp3) is 0.538. The van der Waals surface area contributed by atoms with Gasteiger partial charge in [-0.05, 0) is 36.5 Å². The van der Waals surface area contributed by atoms with Crippen LogP contribution in [-0.4, -0.2) is 20.3 Å². The van der Waals surface area contributed by atoms with Crippen molar-refractivity contribution in [1.29, 1.82) is 0 Å². The van der Waals surface area contributed by atoms with E-state index in [0.29, 0.717) is 5.92 Å². The minimum atomic E-state index is 0.188. The summed E-state index contributed by atoms with van der Waals surface area (Å²) >= 11 is 0. The van der Waals surface area contributed by atoms with Gasteiger partial charge in [-0.1, -0.05) is 12.1 Å². The summed E-state index contributed by atoms with van der Waals surface area (Å²) in [6.07, 6.45) is 2.15. The van der Waals surface area contributed by atoms with Crippen LogP contribution < -0.4 is 16.0 Å². The maximum absolute atomic E-state index is 5.63. The lowest BCUT2D eigenvalue weighted by Crippen LogP contribution is -2.29. The summed E-state index contributed by atoms with van der Waals surface area (Å²) in [5.74, 6) is 7.11. The zero-order valence-corrected chi connectivity index (χ0v) is 10.2. The molecule has 4 nitrogen and oxygen atoms in total. The van der Waals surface area contributed by atoms with Crippen LogP contribution in [0.25, 0.3) is 0 Å². The number of methoxy groups -OCH3 is 1. The second-order valence-corrected chi connectivity index (χ2v) is 4.46. The Kier molecular flexibility index (Phi) is 4.36. The molecule has 1 aromatic carbocycles. The molecule has 0 bridgehead atoms. The molecule has 1 aliphatic rings. The third-order valence-electron chi connectivity index (χ3n) is 3.31. The Morgan fingerprint density at radius 1 is 1.47 bits per heavy atom. The largest absolute Gasteiger partial charge is 0.497 e. The number of rotatable bonds is 5. The van der Waals surface area contributed by atoms with Crippen LogP contribution in [0.1, 0.15) is 24.4 Å². The van der Waals surface area contributed by atoms with E-state index in [1.165, 1.54) is 5.56 Å². The number of benzene rings is 1. The quantitative estimate of drug-likeness (QED) is 0.602. The van der Waals surface area contributed by atoms with Gasteiger partial charge in [0.2, 0.25) is 0 Å². The van der Waals surface area contributed by atoms with Crippen molar-refractivity contribution in [3.8, 4) is 5.75 Å². The van der Waals surface area contributed by atoms with Gasteiger partial charge in [-0.15, -0.1) is 0 Å². The molecule has 1 aliphatic heterocycles. The fourth-order valence-corrected chi connectivity index (χ4v) is 2.24. The van der Waals surface area contributed by atoms with E-state index in [2.05, 4.69) is 17.6 Å². The molecule has 0 aliphatic carbocycles. The molecule has 0 aromatic heterocycles. The lowest BCUT2D eigenvalue weighted by atomic mass is 9.94. The first kappa shape index (κ1) is 12.4. The third-order valence-corrected chi connectivity index (χ3v) is 3.31. The topological polar surface area (TPSA) is 56.5 Å². The summed E-state index contributed by atoms with van der Waals surface area (Å²) in [4.78, 5) is 0. The zero-order chi connectivity index (χ0) is 12.1. The Balaban J connectivity index is 2.00. The van der Waals surface area contributed by atoms with Crippen molar-refractivity contribution in [2.75, 3.05) is 20.3 Å². The van der Waals surface area contributed by atoms with Crippen LogP contribution in [0.4, 0.5) is 0 Å². The molecule has 2 atom stereocenters. The Labute approximate surface area is 102 Å². The highest BCUT2D eigenvalue weighted by atomic mass is 16.5. The van der Waals surface area contributed by atoms with E-state index in [1.54, 1.807) is 7.11 Å². The summed E-state index contributed by atoms with van der Waals surface area (Å²) in [5.41, 5.74) is 4.08. The van der Waals surface area contributed by atoms with E-state index < -0.39 is 0 Å². The number of hydrazine groups is 1. The van der Waals surface area contributed by atoms with Crippen LogP contribution in [-0.2, 0) is 4.74 Å². The first-order valence-corrected chi connectivity index (χ1v) is 6.01. The average Bonchev–Trinajstić information content (AvgIpc) is 2.89. The van der Waals surface area contributed by atoms with Crippen molar-refractivity contribution >= 4 is 0 Å². The lowest BCUT2D eigenvalue weighted by Gasteiger charge is -2.19. The van der Waals surface area contributed by atoms with Crippen molar-refractivity contribution in [1.82, 2.24) is 5.43 Å². The van der Waals surface area contributed by atoms with Gasteiger partial charge in [0.15, 0.2) is 0 Å². The molecule has 3 N–H and O–H groups in total. The number of hydrogen-bond donors (Lipinski definition) is 2. The Morgan fingerprint density at radius 2 is 2.24 bits per heavy atom. The van der Waals surface area contributed by atoms with E-state index in [1.807, 2.05) is 12.1 Å². The highest BCUT2D eigenvalue weighted by molar-refractivity contribution is 5.29. The van der Waals surface area contributed by atoms with Gasteiger partial charge in [-0.3, -0.25) is 11.3 Å². The van der Waals surface area contributed by atoms with Crippen LogP contribution in [0.15, 0.2) is 24.3 Å². The molecule has 0 saturated carbocycles. The van der Waals surface area contributed by atoms with Gasteiger partial charge < -0.3 is 9.47 Å². The van der Waals surface area contributed by atoms with Gasteiger partial charge >= 0.3 is 0 Å². The second-order valence-electron chi connectivity index (χ2n) is 4.46. The molecular weight excluding hydrogens is 216 g/mol. The minimum absolute atomic E-state index is 0.188. The normalized spacial score (nSPS) is 21.4. The predicted molar refractivity (Wildman–Crippen MR) is 66.6 cm³/mol. The molecule has 0 radical (unpaired) electrons. The summed E-state index contributed by atoms with van der Waals surface area (Å²) in [5, 5.41) is 0. The third kappa shape index (κ3) is 3.19. The summed E-state index contributed by atoms with van der Waals surface area (Å²) < 4.78 is 10.5. The molecule has 0 spiro atoms. The molecule has 0 amide bonds. The highest BCUT2D eigenvalue weighted by Gasteiger charge is 2.21. The zero-order valence-electron chi connectivity index (χ0n) is 10.2. The standard InChI is InChI=1S/C13H20N2O2/c1-16-12-4-2-11(3-5-12)13(15-14)8-10-6-7-17-9-10/h2-5,10,13,15H,6-9,14H2,1H3. The molecule has 2 unspecified atom stereocenters. The molecular formula is C13H20N2O2. The molecule has 1 aromatic rings. The Bertz CT molecular complexity index is 334. The van der Waals surface area contributed by atoms with Crippen molar-refractivity contribution in [3.05, 3.63) is 29.8 Å². The van der Waals surface area contributed by atoms with Crippen molar-refractivity contribution in [2.24, 2.45) is 11.8 Å². The van der Waals surface area contributed by atoms with Gasteiger partial charge in [0.1, 0.15) is 5.75 Å². The monoisotopic (exact) mass is 236 g/mol. The van der Waals surface area contributed by atoms with Crippen LogP contribution in [0.5, 0.6) is 5.75 Å². The molecule has 1 fully saturated rings. The maximum atomic E-state index is 5.63. The predicted octanol–water partition coefficient (Wildman–Crippen LogP) is 1.63. The molecule has 2 rings (SSSR count). The molecule has 17 heavy (non-hydrogen) atoms. The van der Waals surface area contributed by atoms with Crippen LogP contribution in [0.2, 0.25) is 0 Å². The molecule has 1 saturated heterocycles. The first-order valence-electron chi connectivity index (χ1n) is 6.01. The summed E-state index contributed by atoms with van der Waals surface area (Å²) in [6.45, 7) is 1.74. The number of hydrogen-bond acceptors (Lipinski definition) is 4. The van der Waals surface area contributed by atoms with Crippen molar-refractivity contribution in [2.45, 2.75) is 18.9 Å². The lowest BCUT2D eigenvalue weighted by molar-refractivity contribution is 0.181. The maximum Gasteiger partial charge on any atom is 0.118 e. The number of nitrogens with two attached hydrogens (primary N) is 1. The van der Waals surface area contributed by atoms with E-state index >= 15 is 0 Å². The second kappa shape index (κ2) is 6.00.